The van der Waals surface area contributed by atoms with Gasteiger partial charge in [-0.25, -0.2) is 0 Å². The van der Waals surface area contributed by atoms with Crippen molar-refractivity contribution in [3.05, 3.63) is 0 Å². The Labute approximate surface area is 87.8 Å². The fraction of sp³-hybridized carbons (Fsp3) is 1.00. The van der Waals surface area contributed by atoms with Gasteiger partial charge in [-0.1, -0.05) is 0 Å². The average Bonchev–Trinajstić information content (AvgIpc) is 1.62. The predicted octanol–water partition coefficient (Wildman–Crippen LogP) is -0.883. The molecule has 66 valence electrons. The van der Waals surface area contributed by atoms with Crippen molar-refractivity contribution in [2.45, 2.75) is 6.92 Å². The van der Waals surface area contributed by atoms with Gasteiger partial charge in [-0.15, -0.1) is 0 Å². The van der Waals surface area contributed by atoms with E-state index in [0.29, 0.717) is 6.61 Å². The van der Waals surface area contributed by atoms with Gasteiger partial charge in [0.1, 0.15) is 0 Å². The zero-order valence-electron chi connectivity index (χ0n) is 5.27. The molecule has 0 fully saturated rings. The molecule has 0 aliphatic rings. The van der Waals surface area contributed by atoms with Gasteiger partial charge in [0.25, 0.3) is 0 Å². The van der Waals surface area contributed by atoms with E-state index in [4.69, 9.17) is 19.2 Å². The van der Waals surface area contributed by atoms with E-state index in [2.05, 4.69) is 4.52 Å². The van der Waals surface area contributed by atoms with Crippen LogP contribution in [0.15, 0.2) is 0 Å². The fourth-order valence-electron chi connectivity index (χ4n) is 0.123. The van der Waals surface area contributed by atoms with Crippen molar-refractivity contribution < 1.29 is 28.3 Å². The summed E-state index contributed by atoms with van der Waals surface area (Å²) in [5.74, 6) is 0. The van der Waals surface area contributed by atoms with Gasteiger partial charge in [0.05, 0.1) is 6.61 Å². The Kier molecular flexibility index (Phi) is 22.9. The number of rotatable bonds is 2. The topological polar surface area (TPSA) is 104 Å². The summed E-state index contributed by atoms with van der Waals surface area (Å²) in [6.07, 6.45) is 0. The SMILES string of the molecule is CCO[PH](=O)O.O=[PH](O)O.[NaH]. The summed E-state index contributed by atoms with van der Waals surface area (Å²) in [5.41, 5.74) is 0. The first-order valence-corrected chi connectivity index (χ1v) is 4.85. The Morgan fingerprint density at radius 2 is 1.55 bits per heavy atom. The molecule has 1 unspecified atom stereocenters. The Balaban J connectivity index is -0.000000114. The van der Waals surface area contributed by atoms with Crippen LogP contribution < -0.4 is 0 Å². The molecule has 0 bridgehead atoms. The van der Waals surface area contributed by atoms with Crippen LogP contribution in [0.25, 0.3) is 0 Å². The molecule has 0 aromatic carbocycles. The van der Waals surface area contributed by atoms with E-state index in [-0.39, 0.29) is 29.6 Å². The van der Waals surface area contributed by atoms with Crippen LogP contribution in [0.1, 0.15) is 6.92 Å². The first-order chi connectivity index (χ1) is 4.50. The first-order valence-electron chi connectivity index (χ1n) is 2.28. The molecular weight excluding hydrogens is 205 g/mol. The Morgan fingerprint density at radius 3 is 1.55 bits per heavy atom. The summed E-state index contributed by atoms with van der Waals surface area (Å²) in [5, 5.41) is 0. The molecule has 0 aromatic heterocycles. The maximum atomic E-state index is 9.56. The molecule has 0 rings (SSSR count). The Morgan fingerprint density at radius 1 is 1.27 bits per heavy atom. The van der Waals surface area contributed by atoms with Crippen molar-refractivity contribution in [3.8, 4) is 0 Å². The molecule has 6 nitrogen and oxygen atoms in total. The molecule has 3 N–H and O–H groups in total. The normalized spacial score (nSPS) is 11.0. The third-order valence-electron chi connectivity index (χ3n) is 0.268. The van der Waals surface area contributed by atoms with Crippen LogP contribution in [0.5, 0.6) is 0 Å². The van der Waals surface area contributed by atoms with E-state index in [9.17, 15) is 4.57 Å². The van der Waals surface area contributed by atoms with Gasteiger partial charge < -0.3 is 19.2 Å². The minimum absolute atomic E-state index is 0. The third-order valence-corrected chi connectivity index (χ3v) is 0.803. The van der Waals surface area contributed by atoms with Crippen molar-refractivity contribution in [1.29, 1.82) is 0 Å². The van der Waals surface area contributed by atoms with E-state index in [1.165, 1.54) is 0 Å². The predicted molar refractivity (Wildman–Crippen MR) is 43.4 cm³/mol. The van der Waals surface area contributed by atoms with Gasteiger partial charge in [0.2, 0.25) is 0 Å². The van der Waals surface area contributed by atoms with Crippen LogP contribution >= 0.6 is 16.5 Å². The van der Waals surface area contributed by atoms with Crippen molar-refractivity contribution in [3.63, 3.8) is 0 Å². The molecule has 0 saturated carbocycles. The van der Waals surface area contributed by atoms with Crippen LogP contribution in [-0.2, 0) is 13.7 Å². The average molecular weight is 216 g/mol. The van der Waals surface area contributed by atoms with E-state index in [1.54, 1.807) is 6.92 Å². The second-order valence-electron chi connectivity index (χ2n) is 0.981. The quantitative estimate of drug-likeness (QED) is 0.409. The molecule has 0 amide bonds. The molecule has 0 radical (unpaired) electrons. The third kappa shape index (κ3) is 52.9. The second kappa shape index (κ2) is 13.9. The van der Waals surface area contributed by atoms with E-state index >= 15 is 0 Å². The summed E-state index contributed by atoms with van der Waals surface area (Å²) in [6.45, 7) is 1.98. The molecule has 9 heteroatoms. The van der Waals surface area contributed by atoms with Crippen LogP contribution in [-0.4, -0.2) is 50.8 Å². The summed E-state index contributed by atoms with van der Waals surface area (Å²) in [7, 11) is -5.77. The van der Waals surface area contributed by atoms with Gasteiger partial charge in [-0.05, 0) is 6.92 Å². The maximum absolute atomic E-state index is 9.56. The summed E-state index contributed by atoms with van der Waals surface area (Å²) in [4.78, 5) is 22.2. The van der Waals surface area contributed by atoms with Crippen LogP contribution in [0, 0.1) is 0 Å². The summed E-state index contributed by atoms with van der Waals surface area (Å²) >= 11 is 0. The number of hydrogen-bond acceptors (Lipinski definition) is 3. The molecule has 0 aliphatic carbocycles. The van der Waals surface area contributed by atoms with Crippen LogP contribution in [0.3, 0.4) is 0 Å². The van der Waals surface area contributed by atoms with E-state index in [1.807, 2.05) is 0 Å². The summed E-state index contributed by atoms with van der Waals surface area (Å²) in [6, 6.07) is 0. The molecule has 0 aromatic rings. The fourth-order valence-corrected chi connectivity index (χ4v) is 0.370. The standard InChI is InChI=1S/C2H7O3P.Na.H3O3P.H/c1-2-5-6(3)4;;1-4(2)3;/h6H,2H2,1H3,(H,3,4);;4H,(H2,1,2,3);. The molecule has 0 heterocycles. The van der Waals surface area contributed by atoms with Crippen LogP contribution in [0.2, 0.25) is 0 Å². The molecular formula is C2H11NaO6P2. The van der Waals surface area contributed by atoms with Crippen molar-refractivity contribution >= 4 is 46.1 Å². The minimum atomic E-state index is -3.13. The Bertz CT molecular complexity index is 113. The van der Waals surface area contributed by atoms with E-state index < -0.39 is 16.5 Å². The molecule has 11 heavy (non-hydrogen) atoms. The zero-order chi connectivity index (χ0) is 8.57. The van der Waals surface area contributed by atoms with Gasteiger partial charge >= 0.3 is 46.1 Å². The van der Waals surface area contributed by atoms with Crippen molar-refractivity contribution in [2.75, 3.05) is 6.61 Å². The monoisotopic (exact) mass is 216 g/mol. The second-order valence-corrected chi connectivity index (χ2v) is 2.37. The van der Waals surface area contributed by atoms with Gasteiger partial charge in [-0.3, -0.25) is 9.13 Å². The van der Waals surface area contributed by atoms with Gasteiger partial charge in [0.15, 0.2) is 0 Å². The summed E-state index contributed by atoms with van der Waals surface area (Å²) < 4.78 is 22.4. The van der Waals surface area contributed by atoms with Gasteiger partial charge in [-0.2, -0.15) is 0 Å². The van der Waals surface area contributed by atoms with E-state index in [0.717, 1.165) is 0 Å². The molecule has 0 spiro atoms. The molecule has 1 atom stereocenters. The zero-order valence-corrected chi connectivity index (χ0v) is 7.27. The molecule has 0 saturated heterocycles. The van der Waals surface area contributed by atoms with Crippen molar-refractivity contribution in [2.24, 2.45) is 0 Å². The molecule has 0 aliphatic heterocycles. The van der Waals surface area contributed by atoms with Crippen molar-refractivity contribution in [1.82, 2.24) is 0 Å². The number of hydrogen-bond donors (Lipinski definition) is 3. The van der Waals surface area contributed by atoms with Crippen LogP contribution in [0.4, 0.5) is 0 Å². The van der Waals surface area contributed by atoms with Gasteiger partial charge in [0, 0.05) is 0 Å². The Hall–Kier alpha value is 1.30. The first kappa shape index (κ1) is 18.2.